The number of carboxylic acids is 1. The van der Waals surface area contributed by atoms with Crippen molar-refractivity contribution in [3.63, 3.8) is 0 Å². The molecule has 0 aliphatic carbocycles. The molecule has 1 N–H and O–H groups in total. The molecule has 0 spiro atoms. The molecule has 0 aromatic rings. The van der Waals surface area contributed by atoms with Crippen molar-refractivity contribution in [3.05, 3.63) is 0 Å². The van der Waals surface area contributed by atoms with E-state index < -0.39 is 5.97 Å². The van der Waals surface area contributed by atoms with Gasteiger partial charge < -0.3 is 5.11 Å². The van der Waals surface area contributed by atoms with E-state index in [0.29, 0.717) is 6.42 Å². The zero-order chi connectivity index (χ0) is 7.49. The number of rotatable bonds is 3. The second-order valence-electron chi connectivity index (χ2n) is 2.88. The van der Waals surface area contributed by atoms with Gasteiger partial charge in [-0.1, -0.05) is 19.2 Å². The van der Waals surface area contributed by atoms with Crippen LogP contribution in [0.15, 0.2) is 0 Å². The van der Waals surface area contributed by atoms with E-state index in [-0.39, 0.29) is 11.7 Å². The van der Waals surface area contributed by atoms with Crippen molar-refractivity contribution in [3.8, 4) is 0 Å². The summed E-state index contributed by atoms with van der Waals surface area (Å²) >= 11 is 0. The highest BCUT2D eigenvalue weighted by molar-refractivity contribution is 6.14. The van der Waals surface area contributed by atoms with Crippen molar-refractivity contribution in [2.24, 2.45) is 0 Å². The maximum absolute atomic E-state index is 9.99. The van der Waals surface area contributed by atoms with E-state index in [2.05, 4.69) is 0 Å². The first kappa shape index (κ1) is 8.53. The van der Waals surface area contributed by atoms with Gasteiger partial charge in [0, 0.05) is 6.42 Å². The number of carbonyl (C=O) groups is 1. The van der Waals surface area contributed by atoms with Gasteiger partial charge in [-0.25, -0.2) is 0 Å². The fraction of sp³-hybridized carbons (Fsp3) is 0.833. The lowest BCUT2D eigenvalue weighted by molar-refractivity contribution is -0.137. The predicted octanol–water partition coefficient (Wildman–Crippen LogP) is 1.22. The minimum atomic E-state index is -0.784. The van der Waals surface area contributed by atoms with Gasteiger partial charge in [-0.05, 0) is 6.42 Å². The largest absolute Gasteiger partial charge is 0.481 e. The third-order valence-electron chi connectivity index (χ3n) is 0.983. The average Bonchev–Trinajstić information content (AvgIpc) is 1.59. The minimum absolute atomic E-state index is 0.156. The van der Waals surface area contributed by atoms with Crippen molar-refractivity contribution >= 4 is 13.8 Å². The van der Waals surface area contributed by atoms with E-state index in [1.54, 1.807) is 0 Å². The van der Waals surface area contributed by atoms with Crippen LogP contribution in [0.25, 0.3) is 0 Å². The Hall–Kier alpha value is -0.465. The first-order valence-electron chi connectivity index (χ1n) is 2.92. The quantitative estimate of drug-likeness (QED) is 0.577. The molecule has 0 saturated carbocycles. The molecule has 0 amide bonds. The van der Waals surface area contributed by atoms with Gasteiger partial charge >= 0.3 is 5.97 Å². The summed E-state index contributed by atoms with van der Waals surface area (Å²) < 4.78 is 0. The first-order valence-corrected chi connectivity index (χ1v) is 2.92. The van der Waals surface area contributed by atoms with Gasteiger partial charge in [0.15, 0.2) is 0 Å². The van der Waals surface area contributed by atoms with Crippen LogP contribution in [0.4, 0.5) is 0 Å². The van der Waals surface area contributed by atoms with E-state index in [4.69, 9.17) is 13.0 Å². The fourth-order valence-corrected chi connectivity index (χ4v) is 0.429. The summed E-state index contributed by atoms with van der Waals surface area (Å²) in [7, 11) is 5.52. The first-order chi connectivity index (χ1) is 3.92. The van der Waals surface area contributed by atoms with E-state index in [1.165, 1.54) is 0 Å². The highest BCUT2D eigenvalue weighted by Gasteiger charge is 2.10. The molecule has 0 saturated heterocycles. The Kier molecular flexibility index (Phi) is 2.75. The molecule has 0 fully saturated rings. The number of hydrogen-bond donors (Lipinski definition) is 1. The van der Waals surface area contributed by atoms with Crippen molar-refractivity contribution in [1.29, 1.82) is 0 Å². The Bertz CT molecular complexity index is 104. The molecule has 0 unspecified atom stereocenters. The van der Waals surface area contributed by atoms with Crippen molar-refractivity contribution in [2.75, 3.05) is 0 Å². The smallest absolute Gasteiger partial charge is 0.303 e. The monoisotopic (exact) mass is 126 g/mol. The lowest BCUT2D eigenvalue weighted by atomic mass is 9.69. The van der Waals surface area contributed by atoms with Crippen molar-refractivity contribution in [1.82, 2.24) is 0 Å². The summed E-state index contributed by atoms with van der Waals surface area (Å²) in [6.07, 6.45) is 0.686. The Labute approximate surface area is 56.7 Å². The summed E-state index contributed by atoms with van der Waals surface area (Å²) in [4.78, 5) is 9.99. The highest BCUT2D eigenvalue weighted by Crippen LogP contribution is 2.24. The molecule has 9 heavy (non-hydrogen) atoms. The second-order valence-corrected chi connectivity index (χ2v) is 2.88. The Morgan fingerprint density at radius 3 is 2.22 bits per heavy atom. The molecule has 50 valence electrons. The van der Waals surface area contributed by atoms with Crippen LogP contribution in [-0.2, 0) is 4.79 Å². The summed E-state index contributed by atoms with van der Waals surface area (Å²) in [5.74, 6) is -0.784. The fourth-order valence-electron chi connectivity index (χ4n) is 0.429. The molecule has 0 atom stereocenters. The Morgan fingerprint density at radius 2 is 2.11 bits per heavy atom. The maximum Gasteiger partial charge on any atom is 0.303 e. The highest BCUT2D eigenvalue weighted by atomic mass is 16.4. The third-order valence-corrected chi connectivity index (χ3v) is 0.983. The predicted molar refractivity (Wildman–Crippen MR) is 36.7 cm³/mol. The van der Waals surface area contributed by atoms with Crippen LogP contribution < -0.4 is 0 Å². The summed E-state index contributed by atoms with van der Waals surface area (Å²) in [6, 6.07) is 0. The molecule has 3 heteroatoms. The summed E-state index contributed by atoms with van der Waals surface area (Å²) in [6.45, 7) is 3.63. The normalized spacial score (nSPS) is 11.3. The van der Waals surface area contributed by atoms with E-state index in [1.807, 2.05) is 13.8 Å². The number of aliphatic carboxylic acids is 1. The topological polar surface area (TPSA) is 37.3 Å². The molecule has 0 rings (SSSR count). The summed E-state index contributed by atoms with van der Waals surface area (Å²) in [5.41, 5.74) is 0. The Balaban J connectivity index is 3.39. The lowest BCUT2D eigenvalue weighted by Gasteiger charge is -2.15. The lowest BCUT2D eigenvalue weighted by Crippen LogP contribution is -2.05. The zero-order valence-corrected chi connectivity index (χ0v) is 5.85. The van der Waals surface area contributed by atoms with Crippen LogP contribution in [-0.4, -0.2) is 18.9 Å². The van der Waals surface area contributed by atoms with Crippen LogP contribution >= 0.6 is 0 Å². The van der Waals surface area contributed by atoms with Gasteiger partial charge in [0.2, 0.25) is 0 Å². The molecule has 2 radical (unpaired) electrons. The van der Waals surface area contributed by atoms with Crippen LogP contribution in [0.1, 0.15) is 26.7 Å². The number of carboxylic acid groups (broad SMARTS) is 1. The van der Waals surface area contributed by atoms with Crippen LogP contribution in [0, 0.1) is 0 Å². The van der Waals surface area contributed by atoms with Crippen molar-refractivity contribution in [2.45, 2.75) is 32.0 Å². The molecular weight excluding hydrogens is 115 g/mol. The van der Waals surface area contributed by atoms with Crippen LogP contribution in [0.2, 0.25) is 5.31 Å². The van der Waals surface area contributed by atoms with Gasteiger partial charge in [0.25, 0.3) is 0 Å². The van der Waals surface area contributed by atoms with E-state index in [9.17, 15) is 4.79 Å². The number of hydrogen-bond acceptors (Lipinski definition) is 1. The molecule has 0 heterocycles. The molecule has 2 nitrogen and oxygen atoms in total. The van der Waals surface area contributed by atoms with E-state index in [0.717, 1.165) is 0 Å². The van der Waals surface area contributed by atoms with Crippen LogP contribution in [0.3, 0.4) is 0 Å². The Morgan fingerprint density at radius 1 is 1.67 bits per heavy atom. The molecule has 0 aliphatic heterocycles. The molecule has 0 aliphatic rings. The second kappa shape index (κ2) is 2.90. The molecule has 0 bridgehead atoms. The van der Waals surface area contributed by atoms with Crippen molar-refractivity contribution < 1.29 is 9.90 Å². The molecule has 0 aromatic heterocycles. The average molecular weight is 126 g/mol. The van der Waals surface area contributed by atoms with Gasteiger partial charge in [0.1, 0.15) is 0 Å². The van der Waals surface area contributed by atoms with Gasteiger partial charge in [0.05, 0.1) is 7.85 Å². The molecule has 0 aromatic carbocycles. The maximum atomic E-state index is 9.99. The van der Waals surface area contributed by atoms with E-state index >= 15 is 0 Å². The zero-order valence-electron chi connectivity index (χ0n) is 5.85. The van der Waals surface area contributed by atoms with Crippen LogP contribution in [0.5, 0.6) is 0 Å². The third kappa shape index (κ3) is 7.53. The molecular formula is C6H11BO2. The minimum Gasteiger partial charge on any atom is -0.481 e. The van der Waals surface area contributed by atoms with Gasteiger partial charge in [-0.15, -0.1) is 0 Å². The van der Waals surface area contributed by atoms with Gasteiger partial charge in [-0.3, -0.25) is 4.79 Å². The van der Waals surface area contributed by atoms with Gasteiger partial charge in [-0.2, -0.15) is 0 Å². The summed E-state index contributed by atoms with van der Waals surface area (Å²) in [5, 5.41) is 7.87. The SMILES string of the molecule is [B]C(C)(C)CCC(=O)O. The standard InChI is InChI=1S/C6H11BO2/c1-6(2,7)4-3-5(8)9/h3-4H2,1-2H3,(H,8,9).